The van der Waals surface area contributed by atoms with E-state index >= 15 is 0 Å². The van der Waals surface area contributed by atoms with E-state index in [-0.39, 0.29) is 38.3 Å². The van der Waals surface area contributed by atoms with Crippen molar-refractivity contribution in [3.8, 4) is 11.3 Å². The minimum atomic E-state index is 0. The second-order valence-corrected chi connectivity index (χ2v) is 5.14. The Balaban J connectivity index is 0.00000162. The van der Waals surface area contributed by atoms with Crippen LogP contribution in [0.3, 0.4) is 0 Å². The van der Waals surface area contributed by atoms with Crippen molar-refractivity contribution >= 4 is 34.2 Å². The third-order valence-corrected chi connectivity index (χ3v) is 3.51. The van der Waals surface area contributed by atoms with E-state index < -0.39 is 0 Å². The van der Waals surface area contributed by atoms with E-state index in [9.17, 15) is 4.79 Å². The van der Waals surface area contributed by atoms with Crippen LogP contribution >= 0.6 is 34.2 Å². The Hall–Kier alpha value is 0.294. The maximum atomic E-state index is 12.0. The summed E-state index contributed by atoms with van der Waals surface area (Å²) in [4.78, 5) is 12.0. The molecule has 1 radical (unpaired) electrons. The van der Waals surface area contributed by atoms with Crippen LogP contribution < -0.4 is 5.56 Å². The van der Waals surface area contributed by atoms with Gasteiger partial charge in [0, 0.05) is 44.3 Å². The molecule has 0 aliphatic rings. The summed E-state index contributed by atoms with van der Waals surface area (Å²) in [6.07, 6.45) is 0. The van der Waals surface area contributed by atoms with Crippen molar-refractivity contribution < 1.29 is 32.7 Å². The van der Waals surface area contributed by atoms with Gasteiger partial charge in [-0.15, -0.1) is 34.7 Å². The van der Waals surface area contributed by atoms with E-state index in [0.717, 1.165) is 11.3 Å². The molecule has 0 aliphatic heterocycles. The van der Waals surface area contributed by atoms with Gasteiger partial charge in [-0.1, -0.05) is 35.0 Å². The molecule has 5 heteroatoms. The zero-order chi connectivity index (χ0) is 12.4. The summed E-state index contributed by atoms with van der Waals surface area (Å²) < 4.78 is 2.40. The second kappa shape index (κ2) is 7.18. The molecule has 91 valence electrons. The molecule has 0 spiro atoms. The normalized spacial score (nSPS) is 9.94. The first kappa shape index (κ1) is 16.3. The number of hydrogen-bond acceptors (Lipinski definition) is 1. The Kier molecular flexibility index (Phi) is 6.52. The van der Waals surface area contributed by atoms with Crippen molar-refractivity contribution in [3.05, 3.63) is 55.3 Å². The van der Waals surface area contributed by atoms with Crippen LogP contribution in [0.2, 0.25) is 5.02 Å². The van der Waals surface area contributed by atoms with Crippen molar-refractivity contribution in [2.75, 3.05) is 0 Å². The Morgan fingerprint density at radius 2 is 1.94 bits per heavy atom. The maximum Gasteiger partial charge on any atom is 0.207 e. The van der Waals surface area contributed by atoms with Gasteiger partial charge in [0.2, 0.25) is 5.56 Å². The Morgan fingerprint density at radius 3 is 2.50 bits per heavy atom. The van der Waals surface area contributed by atoms with Crippen LogP contribution in [-0.2, 0) is 39.3 Å². The third-order valence-electron chi connectivity index (χ3n) is 2.49. The molecule has 0 aliphatic carbocycles. The molecule has 0 bridgehead atoms. The summed E-state index contributed by atoms with van der Waals surface area (Å²) in [5.74, 6) is 0. The fourth-order valence-electron chi connectivity index (χ4n) is 1.65. The molecule has 1 aromatic heterocycles. The zero-order valence-corrected chi connectivity index (χ0v) is 15.5. The summed E-state index contributed by atoms with van der Waals surface area (Å²) >= 11 is 7.88. The van der Waals surface area contributed by atoms with Gasteiger partial charge in [0.15, 0.2) is 0 Å². The van der Waals surface area contributed by atoms with Crippen molar-refractivity contribution in [1.29, 1.82) is 0 Å². The molecule has 0 N–H and O–H groups in total. The predicted octanol–water partition coefficient (Wildman–Crippen LogP) is 3.59. The van der Waals surface area contributed by atoms with Crippen LogP contribution in [0.1, 0.15) is 6.92 Å². The summed E-state index contributed by atoms with van der Waals surface area (Å²) in [5.41, 5.74) is 1.77. The molecule has 2 aromatic rings. The molecule has 1 heterocycles. The van der Waals surface area contributed by atoms with Crippen molar-refractivity contribution in [2.45, 2.75) is 13.5 Å². The molecule has 2 rings (SSSR count). The first-order chi connectivity index (χ1) is 8.13. The van der Waals surface area contributed by atoms with Gasteiger partial charge in [-0.2, -0.15) is 12.1 Å². The smallest absolute Gasteiger partial charge is 0.207 e. The summed E-state index contributed by atoms with van der Waals surface area (Å²) in [5, 5.41) is 0.685. The van der Waals surface area contributed by atoms with Crippen molar-refractivity contribution in [2.24, 2.45) is 0 Å². The SMILES string of the molecule is CCn1c(-c2ccc(Cl)cc2)[c-]cc(I)c1=O.[Y]. The average Bonchev–Trinajstić information content (AvgIpc) is 2.34. The van der Waals surface area contributed by atoms with E-state index in [4.69, 9.17) is 11.6 Å². The van der Waals surface area contributed by atoms with Gasteiger partial charge in [-0.3, -0.25) is 4.79 Å². The van der Waals surface area contributed by atoms with E-state index in [1.807, 2.05) is 53.8 Å². The van der Waals surface area contributed by atoms with Gasteiger partial charge in [0.25, 0.3) is 0 Å². The first-order valence-corrected chi connectivity index (χ1v) is 6.66. The molecule has 0 unspecified atom stereocenters. The molecule has 18 heavy (non-hydrogen) atoms. The minimum absolute atomic E-state index is 0. The molecule has 0 fully saturated rings. The number of aromatic nitrogens is 1. The molecule has 0 saturated carbocycles. The van der Waals surface area contributed by atoms with Gasteiger partial charge in [0.05, 0.1) is 0 Å². The van der Waals surface area contributed by atoms with Crippen LogP contribution in [-0.4, -0.2) is 4.57 Å². The van der Waals surface area contributed by atoms with Gasteiger partial charge in [-0.25, -0.2) is 0 Å². The third kappa shape index (κ3) is 3.44. The molecular formula is C13H10ClINOY-. The van der Waals surface area contributed by atoms with Gasteiger partial charge in [-0.05, 0) is 10.5 Å². The molecule has 2 nitrogen and oxygen atoms in total. The van der Waals surface area contributed by atoms with Crippen LogP contribution in [0.25, 0.3) is 11.3 Å². The maximum absolute atomic E-state index is 12.0. The number of hydrogen-bond donors (Lipinski definition) is 0. The van der Waals surface area contributed by atoms with Crippen LogP contribution in [0, 0.1) is 9.64 Å². The van der Waals surface area contributed by atoms with Crippen molar-refractivity contribution in [1.82, 2.24) is 4.57 Å². The average molecular weight is 447 g/mol. The Bertz CT molecular complexity index is 595. The van der Waals surface area contributed by atoms with Gasteiger partial charge < -0.3 is 4.57 Å². The fourth-order valence-corrected chi connectivity index (χ4v) is 2.22. The summed E-state index contributed by atoms with van der Waals surface area (Å²) in [6, 6.07) is 12.3. The van der Waals surface area contributed by atoms with E-state index in [0.29, 0.717) is 15.1 Å². The first-order valence-electron chi connectivity index (χ1n) is 5.20. The molecular weight excluding hydrogens is 437 g/mol. The zero-order valence-electron chi connectivity index (χ0n) is 9.78. The second-order valence-electron chi connectivity index (χ2n) is 3.54. The van der Waals surface area contributed by atoms with Crippen LogP contribution in [0.4, 0.5) is 0 Å². The summed E-state index contributed by atoms with van der Waals surface area (Å²) in [7, 11) is 0. The van der Waals surface area contributed by atoms with E-state index in [1.165, 1.54) is 0 Å². The number of rotatable bonds is 2. The minimum Gasteiger partial charge on any atom is -0.342 e. The van der Waals surface area contributed by atoms with Gasteiger partial charge in [0.1, 0.15) is 0 Å². The fraction of sp³-hybridized carbons (Fsp3) is 0.154. The van der Waals surface area contributed by atoms with Crippen LogP contribution in [0.5, 0.6) is 0 Å². The number of pyridine rings is 1. The molecule has 0 saturated heterocycles. The quantitative estimate of drug-likeness (QED) is 0.510. The monoisotopic (exact) mass is 447 g/mol. The van der Waals surface area contributed by atoms with Crippen molar-refractivity contribution in [3.63, 3.8) is 0 Å². The largest absolute Gasteiger partial charge is 0.342 e. The molecule has 0 atom stereocenters. The summed E-state index contributed by atoms with van der Waals surface area (Å²) in [6.45, 7) is 2.58. The molecule has 1 aromatic carbocycles. The molecule has 0 amide bonds. The Labute approximate surface area is 150 Å². The van der Waals surface area contributed by atoms with E-state index in [1.54, 1.807) is 10.6 Å². The topological polar surface area (TPSA) is 22.0 Å². The standard InChI is InChI=1S/C13H10ClINO.Y/c1-2-16-12(8-7-11(15)13(16)17)9-3-5-10(14)6-4-9;/h3-7H,2H2,1H3;/q-1;. The van der Waals surface area contributed by atoms with Gasteiger partial charge >= 0.3 is 0 Å². The number of benzene rings is 1. The number of nitrogens with zero attached hydrogens (tertiary/aromatic N) is 1. The van der Waals surface area contributed by atoms with E-state index in [2.05, 4.69) is 6.07 Å². The number of halogens is 2. The predicted molar refractivity (Wildman–Crippen MR) is 78.4 cm³/mol. The van der Waals surface area contributed by atoms with Crippen LogP contribution in [0.15, 0.2) is 35.1 Å². The Morgan fingerprint density at radius 1 is 1.33 bits per heavy atom.